The number of aliphatic imine (C=N–C) groups is 1. The number of aromatic amines is 4. The molecule has 10 heterocycles. The molecule has 16 rings (SSSR count). The van der Waals surface area contributed by atoms with Gasteiger partial charge in [-0.25, -0.2) is 19.9 Å². The van der Waals surface area contributed by atoms with Crippen LogP contribution in [0, 0.1) is 0 Å². The second-order valence-electron chi connectivity index (χ2n) is 21.5. The summed E-state index contributed by atoms with van der Waals surface area (Å²) in [5, 5.41) is 0. The van der Waals surface area contributed by atoms with E-state index in [0.29, 0.717) is 11.4 Å². The Hall–Kier alpha value is -11.8. The van der Waals surface area contributed by atoms with Gasteiger partial charge in [0.05, 0.1) is 51.1 Å². The Morgan fingerprint density at radius 2 is 0.442 bits per heavy atom. The van der Waals surface area contributed by atoms with E-state index in [1.807, 2.05) is 42.6 Å². The van der Waals surface area contributed by atoms with Gasteiger partial charge in [-0.1, -0.05) is 182 Å². The number of nitrogens with one attached hydrogen (secondary N) is 4. The Kier molecular flexibility index (Phi) is 12.3. The molecule has 404 valence electrons. The predicted octanol–water partition coefficient (Wildman–Crippen LogP) is 19.4. The SMILES string of the molecule is C1=Cc2nc1c(C=Nc1c3nc(c(-c4ccccc4)c4ccc([nH]4)c(-c4ccccc4)c4nc(c(-c5ccccc5)c5ccc1[nH]5)C=C4)C=C3)c1ccc([nH]1)c(-c1ccccc1)c1nc(c(-c3ccccc3)c3ccc([nH]3)c2-c2ccccc2)C=C1. The van der Waals surface area contributed by atoms with Crippen molar-refractivity contribution in [2.75, 3.05) is 0 Å². The van der Waals surface area contributed by atoms with Crippen LogP contribution in [0.3, 0.4) is 0 Å². The highest BCUT2D eigenvalue weighted by atomic mass is 14.9. The van der Waals surface area contributed by atoms with Crippen molar-refractivity contribution in [3.63, 3.8) is 0 Å². The molecule has 6 aromatic carbocycles. The highest BCUT2D eigenvalue weighted by Gasteiger charge is 2.21. The molecule has 86 heavy (non-hydrogen) atoms. The van der Waals surface area contributed by atoms with E-state index in [0.717, 1.165) is 156 Å². The van der Waals surface area contributed by atoms with Gasteiger partial charge in [-0.2, -0.15) is 0 Å². The third-order valence-corrected chi connectivity index (χ3v) is 16.2. The van der Waals surface area contributed by atoms with Crippen molar-refractivity contribution >= 4 is 105 Å². The van der Waals surface area contributed by atoms with Gasteiger partial charge < -0.3 is 19.9 Å². The Labute approximate surface area is 495 Å². The average Bonchev–Trinajstić information content (AvgIpc) is 2.67. The van der Waals surface area contributed by atoms with E-state index >= 15 is 0 Å². The minimum Gasteiger partial charge on any atom is -0.354 e. The molecule has 0 atom stereocenters. The second-order valence-corrected chi connectivity index (χ2v) is 21.5. The minimum absolute atomic E-state index is 0.640. The van der Waals surface area contributed by atoms with E-state index in [4.69, 9.17) is 24.9 Å². The van der Waals surface area contributed by atoms with E-state index in [-0.39, 0.29) is 0 Å². The fourth-order valence-corrected chi connectivity index (χ4v) is 12.3. The van der Waals surface area contributed by atoms with Gasteiger partial charge in [0.15, 0.2) is 0 Å². The lowest BCUT2D eigenvalue weighted by Gasteiger charge is -2.06. The van der Waals surface area contributed by atoms with Gasteiger partial charge in [-0.15, -0.1) is 0 Å². The van der Waals surface area contributed by atoms with Crippen LogP contribution in [-0.2, 0) is 0 Å². The zero-order chi connectivity index (χ0) is 56.9. The predicted molar refractivity (Wildman–Crippen MR) is 358 cm³/mol. The molecule has 0 saturated heterocycles. The number of benzene rings is 6. The lowest BCUT2D eigenvalue weighted by Crippen LogP contribution is -1.91. The molecule has 0 amide bonds. The molecule has 4 N–H and O–H groups in total. The van der Waals surface area contributed by atoms with Gasteiger partial charge in [-0.05, 0) is 131 Å². The van der Waals surface area contributed by atoms with Gasteiger partial charge in [-0.3, -0.25) is 4.99 Å². The maximum Gasteiger partial charge on any atom is 0.112 e. The Morgan fingerprint density at radius 3 is 0.756 bits per heavy atom. The summed E-state index contributed by atoms with van der Waals surface area (Å²) in [5.41, 5.74) is 27.0. The zero-order valence-electron chi connectivity index (χ0n) is 46.4. The third-order valence-electron chi connectivity index (χ3n) is 16.2. The van der Waals surface area contributed by atoms with Gasteiger partial charge in [0.2, 0.25) is 0 Å². The average molecular weight is 1100 g/mol. The van der Waals surface area contributed by atoms with Crippen molar-refractivity contribution in [3.8, 4) is 66.8 Å². The maximum absolute atomic E-state index is 5.60. The quantitative estimate of drug-likeness (QED) is 0.113. The second kappa shape index (κ2) is 21.2. The summed E-state index contributed by atoms with van der Waals surface area (Å²) >= 11 is 0. The molecular weight excluding hydrogens is 1050 g/mol. The monoisotopic (exact) mass is 1100 g/mol. The molecule has 4 aliphatic heterocycles. The Bertz CT molecular complexity index is 4780. The van der Waals surface area contributed by atoms with Gasteiger partial charge in [0.25, 0.3) is 0 Å². The van der Waals surface area contributed by atoms with Crippen LogP contribution in [0.25, 0.3) is 160 Å². The molecule has 6 aromatic heterocycles. The normalized spacial score (nSPS) is 12.4. The molecule has 16 bridgehead atoms. The van der Waals surface area contributed by atoms with Crippen molar-refractivity contribution < 1.29 is 0 Å². The topological polar surface area (TPSA) is 127 Å². The highest BCUT2D eigenvalue weighted by molar-refractivity contribution is 6.04. The number of nitrogens with zero attached hydrogens (tertiary/aromatic N) is 5. The number of fused-ring (bicyclic) bond motifs is 16. The number of hydrogen-bond donors (Lipinski definition) is 4. The van der Waals surface area contributed by atoms with Crippen LogP contribution in [0.5, 0.6) is 0 Å². The van der Waals surface area contributed by atoms with E-state index in [1.54, 1.807) is 0 Å². The number of aromatic nitrogens is 8. The Balaban J connectivity index is 0.999. The summed E-state index contributed by atoms with van der Waals surface area (Å²) in [7, 11) is 0. The van der Waals surface area contributed by atoms with Crippen molar-refractivity contribution in [2.24, 2.45) is 4.99 Å². The molecule has 9 heteroatoms. The summed E-state index contributed by atoms with van der Waals surface area (Å²) in [6.07, 6.45) is 18.8. The molecule has 0 saturated carbocycles. The van der Waals surface area contributed by atoms with E-state index < -0.39 is 0 Å². The first-order valence-electron chi connectivity index (χ1n) is 28.8. The minimum atomic E-state index is 0.640. The van der Waals surface area contributed by atoms with Crippen LogP contribution >= 0.6 is 0 Å². The summed E-state index contributed by atoms with van der Waals surface area (Å²) in [5.74, 6) is 0. The van der Waals surface area contributed by atoms with Crippen molar-refractivity contribution in [1.29, 1.82) is 0 Å². The number of H-pyrrole nitrogens is 4. The molecule has 4 aliphatic rings. The largest absolute Gasteiger partial charge is 0.354 e. The standard InChI is InChI=1S/C77H51N9/c1-7-19-48(20-8-1)71-57-33-31-55(79-57)54(56-32-34-58(80-56)72(49-21-9-2-10-22-49)60-36-38-62(82-60)73(50-23-11-3-12-24-50)61-37-35-59(71)81-61)47-78-77-69-45-43-67(85-69)75(52-27-15-5-16-28-52)65-41-39-63(83-65)74(51-25-13-4-14-26-51)64-40-42-66(84-64)76(53-29-17-6-18-30-53)68-44-46-70(77)86-68/h1-47,79,82-83,86H. The molecule has 0 aliphatic carbocycles. The fraction of sp³-hybridized carbons (Fsp3) is 0. The van der Waals surface area contributed by atoms with Crippen molar-refractivity contribution in [1.82, 2.24) is 39.9 Å². The fourth-order valence-electron chi connectivity index (χ4n) is 12.3. The lowest BCUT2D eigenvalue weighted by molar-refractivity contribution is 1.29. The van der Waals surface area contributed by atoms with E-state index in [1.165, 1.54) is 0 Å². The van der Waals surface area contributed by atoms with Crippen LogP contribution in [0.4, 0.5) is 5.69 Å². The number of hydrogen-bond acceptors (Lipinski definition) is 5. The van der Waals surface area contributed by atoms with Crippen LogP contribution in [0.15, 0.2) is 236 Å². The maximum atomic E-state index is 5.60. The third kappa shape index (κ3) is 9.04. The zero-order valence-corrected chi connectivity index (χ0v) is 46.4. The van der Waals surface area contributed by atoms with Crippen LogP contribution < -0.4 is 0 Å². The molecule has 0 spiro atoms. The lowest BCUT2D eigenvalue weighted by atomic mass is 10.0. The molecule has 12 aromatic rings. The van der Waals surface area contributed by atoms with Crippen LogP contribution in [0.1, 0.15) is 51.1 Å². The van der Waals surface area contributed by atoms with Crippen molar-refractivity contribution in [2.45, 2.75) is 0 Å². The summed E-state index contributed by atoms with van der Waals surface area (Å²) in [6, 6.07) is 80.0. The molecule has 0 radical (unpaired) electrons. The molecular formula is C77H51N9. The molecule has 9 nitrogen and oxygen atoms in total. The number of rotatable bonds is 8. The van der Waals surface area contributed by atoms with Gasteiger partial charge in [0, 0.05) is 83.8 Å². The van der Waals surface area contributed by atoms with Crippen molar-refractivity contribution in [3.05, 3.63) is 282 Å². The van der Waals surface area contributed by atoms with Gasteiger partial charge >= 0.3 is 0 Å². The van der Waals surface area contributed by atoms with Crippen LogP contribution in [0.2, 0.25) is 0 Å². The van der Waals surface area contributed by atoms with E-state index in [9.17, 15) is 0 Å². The highest BCUT2D eigenvalue weighted by Crippen LogP contribution is 2.41. The summed E-state index contributed by atoms with van der Waals surface area (Å²) in [4.78, 5) is 43.2. The van der Waals surface area contributed by atoms with Gasteiger partial charge in [0.1, 0.15) is 5.69 Å². The summed E-state index contributed by atoms with van der Waals surface area (Å²) < 4.78 is 0. The molecule has 0 fully saturated rings. The smallest absolute Gasteiger partial charge is 0.112 e. The Morgan fingerprint density at radius 1 is 0.221 bits per heavy atom. The molecule has 0 unspecified atom stereocenters. The van der Waals surface area contributed by atoms with E-state index in [2.05, 4.69) is 263 Å². The first-order valence-corrected chi connectivity index (χ1v) is 28.8. The first-order chi connectivity index (χ1) is 42.6. The summed E-state index contributed by atoms with van der Waals surface area (Å²) in [6.45, 7) is 0. The first kappa shape index (κ1) is 50.0. The van der Waals surface area contributed by atoms with Crippen LogP contribution in [-0.4, -0.2) is 46.1 Å².